The number of nitrogens with zero attached hydrogens (tertiary/aromatic N) is 1. The number of Topliss-reactive ketones (excluding diaryl/α,β-unsaturated/α-hetero) is 1. The van der Waals surface area contributed by atoms with Gasteiger partial charge in [-0.15, -0.1) is 0 Å². The number of unbranched alkanes of at least 4 members (excludes halogenated alkanes) is 1. The van der Waals surface area contributed by atoms with Crippen LogP contribution in [0.25, 0.3) is 0 Å². The third kappa shape index (κ3) is 1.99. The smallest absolute Gasteiger partial charge is 0.154 e. The summed E-state index contributed by atoms with van der Waals surface area (Å²) >= 11 is 0. The first kappa shape index (κ1) is 11.6. The quantitative estimate of drug-likeness (QED) is 0.732. The lowest BCUT2D eigenvalue weighted by Gasteiger charge is -2.16. The van der Waals surface area contributed by atoms with Crippen molar-refractivity contribution in [3.8, 4) is 6.07 Å². The topological polar surface area (TPSA) is 50.1 Å². The molecule has 88 valence electrons. The van der Waals surface area contributed by atoms with E-state index in [9.17, 15) is 4.79 Å². The number of ether oxygens (including phenoxy) is 1. The summed E-state index contributed by atoms with van der Waals surface area (Å²) < 4.78 is 5.67. The Kier molecular flexibility index (Phi) is 3.60. The summed E-state index contributed by atoms with van der Waals surface area (Å²) in [6.07, 6.45) is 5.53. The average molecular weight is 221 g/mol. The maximum Gasteiger partial charge on any atom is 0.154 e. The highest BCUT2D eigenvalue weighted by atomic mass is 16.5. The van der Waals surface area contributed by atoms with E-state index in [4.69, 9.17) is 10.00 Å². The van der Waals surface area contributed by atoms with Gasteiger partial charge in [0.05, 0.1) is 18.1 Å². The number of hydrogen-bond donors (Lipinski definition) is 0. The minimum atomic E-state index is -0.473. The summed E-state index contributed by atoms with van der Waals surface area (Å²) in [5, 5.41) is 9.04. The van der Waals surface area contributed by atoms with E-state index >= 15 is 0 Å². The first-order valence-corrected chi connectivity index (χ1v) is 6.35. The number of carbonyl (C=O) groups excluding carboxylic acids is 1. The highest BCUT2D eigenvalue weighted by Gasteiger charge is 2.49. The maximum atomic E-state index is 12.1. The number of fused-ring (bicyclic) bond motifs is 1. The van der Waals surface area contributed by atoms with Gasteiger partial charge in [0.1, 0.15) is 5.78 Å². The average Bonchev–Trinajstić information content (AvgIpc) is 2.84. The lowest BCUT2D eigenvalue weighted by molar-refractivity contribution is -0.124. The van der Waals surface area contributed by atoms with Crippen LogP contribution in [0.4, 0.5) is 0 Å². The molecule has 2 rings (SSSR count). The van der Waals surface area contributed by atoms with Crippen molar-refractivity contribution in [3.05, 3.63) is 0 Å². The number of ketones is 1. The number of hydrogen-bond acceptors (Lipinski definition) is 3. The van der Waals surface area contributed by atoms with Crippen molar-refractivity contribution in [2.45, 2.75) is 57.7 Å². The summed E-state index contributed by atoms with van der Waals surface area (Å²) in [5.41, 5.74) is 0. The summed E-state index contributed by atoms with van der Waals surface area (Å²) in [4.78, 5) is 12.1. The van der Waals surface area contributed by atoms with Crippen molar-refractivity contribution in [1.82, 2.24) is 0 Å². The van der Waals surface area contributed by atoms with E-state index in [1.807, 2.05) is 0 Å². The van der Waals surface area contributed by atoms with Gasteiger partial charge in [-0.2, -0.15) is 5.26 Å². The van der Waals surface area contributed by atoms with E-state index in [1.54, 1.807) is 0 Å². The van der Waals surface area contributed by atoms with Crippen LogP contribution in [0.5, 0.6) is 0 Å². The molecule has 0 radical (unpaired) electrons. The zero-order chi connectivity index (χ0) is 11.5. The van der Waals surface area contributed by atoms with Crippen LogP contribution in [0, 0.1) is 23.2 Å². The molecule has 1 heterocycles. The standard InChI is InChI=1S/C13H19NO2/c1-2-3-6-10(15)13-9-5-4-7-11(9)16-12(13)8-14/h9,11-13H,2-7H2,1H3/t9-,11+,12+,13-/m1/s1. The molecule has 2 aliphatic rings. The van der Waals surface area contributed by atoms with Crippen molar-refractivity contribution in [1.29, 1.82) is 5.26 Å². The number of carbonyl (C=O) groups is 1. The second kappa shape index (κ2) is 4.97. The Balaban J connectivity index is 2.04. The van der Waals surface area contributed by atoms with E-state index in [-0.39, 0.29) is 17.8 Å². The van der Waals surface area contributed by atoms with Crippen LogP contribution in [-0.4, -0.2) is 18.0 Å². The summed E-state index contributed by atoms with van der Waals surface area (Å²) in [6.45, 7) is 2.08. The van der Waals surface area contributed by atoms with Gasteiger partial charge in [0.25, 0.3) is 0 Å². The van der Waals surface area contributed by atoms with Crippen molar-refractivity contribution in [2.75, 3.05) is 0 Å². The predicted molar refractivity (Wildman–Crippen MR) is 59.6 cm³/mol. The van der Waals surface area contributed by atoms with Crippen LogP contribution < -0.4 is 0 Å². The van der Waals surface area contributed by atoms with E-state index in [2.05, 4.69) is 13.0 Å². The third-order valence-corrected chi connectivity index (χ3v) is 3.89. The Morgan fingerprint density at radius 3 is 3.00 bits per heavy atom. The largest absolute Gasteiger partial charge is 0.359 e. The first-order chi connectivity index (χ1) is 7.77. The fourth-order valence-corrected chi connectivity index (χ4v) is 3.07. The SMILES string of the molecule is CCCCC(=O)[C@H]1[C@@H]2CCC[C@@H]2O[C@H]1C#N. The second-order valence-electron chi connectivity index (χ2n) is 4.91. The van der Waals surface area contributed by atoms with Gasteiger partial charge in [-0.3, -0.25) is 4.79 Å². The predicted octanol–water partition coefficient (Wildman–Crippen LogP) is 2.45. The molecule has 3 heteroatoms. The highest BCUT2D eigenvalue weighted by Crippen LogP contribution is 2.43. The molecule has 0 aromatic carbocycles. The van der Waals surface area contributed by atoms with Crippen molar-refractivity contribution in [3.63, 3.8) is 0 Å². The van der Waals surface area contributed by atoms with Crippen LogP contribution in [0.15, 0.2) is 0 Å². The molecule has 0 N–H and O–H groups in total. The van der Waals surface area contributed by atoms with Crippen LogP contribution in [0.3, 0.4) is 0 Å². The van der Waals surface area contributed by atoms with Crippen molar-refractivity contribution >= 4 is 5.78 Å². The van der Waals surface area contributed by atoms with Crippen LogP contribution in [0.1, 0.15) is 45.4 Å². The van der Waals surface area contributed by atoms with Gasteiger partial charge in [-0.05, 0) is 25.2 Å². The second-order valence-corrected chi connectivity index (χ2v) is 4.91. The Morgan fingerprint density at radius 1 is 1.50 bits per heavy atom. The molecule has 0 amide bonds. The minimum Gasteiger partial charge on any atom is -0.359 e. The molecule has 0 unspecified atom stereocenters. The van der Waals surface area contributed by atoms with Gasteiger partial charge in [-0.1, -0.05) is 19.8 Å². The molecule has 16 heavy (non-hydrogen) atoms. The maximum absolute atomic E-state index is 12.1. The van der Waals surface area contributed by atoms with E-state index < -0.39 is 6.10 Å². The molecule has 0 aromatic heterocycles. The lowest BCUT2D eigenvalue weighted by Crippen LogP contribution is -2.28. The molecule has 1 saturated carbocycles. The van der Waals surface area contributed by atoms with E-state index in [0.717, 1.165) is 32.1 Å². The first-order valence-electron chi connectivity index (χ1n) is 6.35. The van der Waals surface area contributed by atoms with E-state index in [0.29, 0.717) is 12.3 Å². The van der Waals surface area contributed by atoms with Crippen LogP contribution >= 0.6 is 0 Å². The summed E-state index contributed by atoms with van der Waals surface area (Å²) in [6, 6.07) is 2.16. The zero-order valence-electron chi connectivity index (χ0n) is 9.82. The Labute approximate surface area is 96.8 Å². The normalized spacial score (nSPS) is 37.0. The summed E-state index contributed by atoms with van der Waals surface area (Å²) in [7, 11) is 0. The molecular weight excluding hydrogens is 202 g/mol. The molecule has 1 saturated heterocycles. The summed E-state index contributed by atoms with van der Waals surface area (Å²) in [5.74, 6) is 0.445. The fourth-order valence-electron chi connectivity index (χ4n) is 3.07. The number of rotatable bonds is 4. The fraction of sp³-hybridized carbons (Fsp3) is 0.846. The van der Waals surface area contributed by atoms with Gasteiger partial charge in [-0.25, -0.2) is 0 Å². The monoisotopic (exact) mass is 221 g/mol. The molecule has 1 aliphatic carbocycles. The van der Waals surface area contributed by atoms with Crippen molar-refractivity contribution in [2.24, 2.45) is 11.8 Å². The Bertz CT molecular complexity index is 308. The van der Waals surface area contributed by atoms with Gasteiger partial charge in [0.15, 0.2) is 6.10 Å². The Morgan fingerprint density at radius 2 is 2.31 bits per heavy atom. The van der Waals surface area contributed by atoms with Crippen LogP contribution in [0.2, 0.25) is 0 Å². The zero-order valence-corrected chi connectivity index (χ0v) is 9.82. The van der Waals surface area contributed by atoms with E-state index in [1.165, 1.54) is 0 Å². The number of nitriles is 1. The molecule has 2 fully saturated rings. The molecule has 4 atom stereocenters. The van der Waals surface area contributed by atoms with Gasteiger partial charge in [0.2, 0.25) is 0 Å². The molecule has 0 bridgehead atoms. The van der Waals surface area contributed by atoms with Gasteiger partial charge >= 0.3 is 0 Å². The Hall–Kier alpha value is -0.880. The lowest BCUT2D eigenvalue weighted by atomic mass is 9.83. The van der Waals surface area contributed by atoms with Crippen molar-refractivity contribution < 1.29 is 9.53 Å². The molecule has 1 aliphatic heterocycles. The van der Waals surface area contributed by atoms with Gasteiger partial charge < -0.3 is 4.74 Å². The third-order valence-electron chi connectivity index (χ3n) is 3.89. The van der Waals surface area contributed by atoms with Gasteiger partial charge in [0, 0.05) is 6.42 Å². The molecular formula is C13H19NO2. The molecule has 3 nitrogen and oxygen atoms in total. The molecule has 0 spiro atoms. The highest BCUT2D eigenvalue weighted by molar-refractivity contribution is 5.82. The molecule has 0 aromatic rings. The van der Waals surface area contributed by atoms with Crippen LogP contribution in [-0.2, 0) is 9.53 Å². The minimum absolute atomic E-state index is 0.135.